The zero-order valence-electron chi connectivity index (χ0n) is 17.8. The average Bonchev–Trinajstić information content (AvgIpc) is 2.57. The van der Waals surface area contributed by atoms with Gasteiger partial charge in [0.05, 0.1) is 6.61 Å². The predicted molar refractivity (Wildman–Crippen MR) is 109 cm³/mol. The van der Waals surface area contributed by atoms with Crippen LogP contribution in [-0.4, -0.2) is 44.3 Å². The van der Waals surface area contributed by atoms with E-state index in [1.165, 1.54) is 6.42 Å². The molecule has 1 aliphatic heterocycles. The van der Waals surface area contributed by atoms with Gasteiger partial charge in [-0.15, -0.1) is 0 Å². The van der Waals surface area contributed by atoms with Gasteiger partial charge in [0, 0.05) is 18.8 Å². The summed E-state index contributed by atoms with van der Waals surface area (Å²) in [6.07, 6.45) is 7.45. The second-order valence-corrected chi connectivity index (χ2v) is 13.2. The van der Waals surface area contributed by atoms with E-state index < -0.39 is 20.4 Å². The highest BCUT2D eigenvalue weighted by molar-refractivity contribution is 6.74. The molecule has 5 nitrogen and oxygen atoms in total. The van der Waals surface area contributed by atoms with E-state index in [-0.39, 0.29) is 10.8 Å². The molecule has 0 aliphatic carbocycles. The molecule has 1 atom stereocenters. The molecule has 1 unspecified atom stereocenters. The van der Waals surface area contributed by atoms with E-state index in [1.54, 1.807) is 13.1 Å². The summed E-state index contributed by atoms with van der Waals surface area (Å²) >= 11 is 0. The van der Waals surface area contributed by atoms with Gasteiger partial charge in [-0.2, -0.15) is 0 Å². The van der Waals surface area contributed by atoms with E-state index in [9.17, 15) is 9.90 Å². The maximum absolute atomic E-state index is 12.3. The minimum Gasteiger partial charge on any atom is -0.871 e. The van der Waals surface area contributed by atoms with Crippen molar-refractivity contribution >= 4 is 20.5 Å². The third kappa shape index (κ3) is 8.76. The molecule has 0 saturated heterocycles. The van der Waals surface area contributed by atoms with Crippen molar-refractivity contribution in [3.8, 4) is 11.8 Å². The summed E-state index contributed by atoms with van der Waals surface area (Å²) in [5.74, 6) is 4.91. The average molecular weight is 394 g/mol. The topological polar surface area (TPSA) is 61.6 Å². The largest absolute Gasteiger partial charge is 0.871 e. The number of carbonyl (C=O) groups is 1. The van der Waals surface area contributed by atoms with Crippen LogP contribution in [0.3, 0.4) is 0 Å². The van der Waals surface area contributed by atoms with Crippen LogP contribution < -0.4 is 5.11 Å². The van der Waals surface area contributed by atoms with Crippen molar-refractivity contribution in [3.05, 3.63) is 12.0 Å². The van der Waals surface area contributed by atoms with Crippen LogP contribution in [0.15, 0.2) is 12.0 Å². The van der Waals surface area contributed by atoms with Crippen molar-refractivity contribution in [1.29, 1.82) is 0 Å². The van der Waals surface area contributed by atoms with Crippen LogP contribution in [0.25, 0.3) is 0 Å². The monoisotopic (exact) mass is 393 g/mol. The van der Waals surface area contributed by atoms with Gasteiger partial charge in [0.2, 0.25) is 0 Å². The van der Waals surface area contributed by atoms with Crippen molar-refractivity contribution in [1.82, 2.24) is 0 Å². The van der Waals surface area contributed by atoms with Crippen LogP contribution >= 0.6 is 0 Å². The van der Waals surface area contributed by atoms with Gasteiger partial charge in [0.25, 0.3) is 0 Å². The molecule has 0 N–H and O–H groups in total. The Kier molecular flexibility index (Phi) is 9.27. The van der Waals surface area contributed by atoms with Crippen molar-refractivity contribution in [2.75, 3.05) is 13.2 Å². The number of hydrogen-bond acceptors (Lipinski definition) is 4. The molecule has 27 heavy (non-hydrogen) atoms. The molecule has 6 heteroatoms. The second kappa shape index (κ2) is 10.7. The fourth-order valence-corrected chi connectivity index (χ4v) is 3.67. The zero-order chi connectivity index (χ0) is 20.5. The number of allylic oxidation sites excluding steroid dienone is 1. The zero-order valence-corrected chi connectivity index (χ0v) is 18.8. The molecule has 0 spiro atoms. The number of ether oxygens (including phenoxy) is 1. The van der Waals surface area contributed by atoms with E-state index in [4.69, 9.17) is 9.16 Å². The molecule has 0 fully saturated rings. The van der Waals surface area contributed by atoms with Crippen LogP contribution in [0.5, 0.6) is 0 Å². The summed E-state index contributed by atoms with van der Waals surface area (Å²) in [5, 5.41) is 12.3. The van der Waals surface area contributed by atoms with Gasteiger partial charge < -0.3 is 14.3 Å². The standard InChI is InChI=1S/C21H35NO4Si/c1-7-25-20(24)14-13-19(26-27(5,6)21(2,3)4)12-11-18(23)17-22-15-9-8-10-16-22/h15,17,19H,7-12,16H2,1-6H3/b18-17-. The van der Waals surface area contributed by atoms with Crippen molar-refractivity contribution in [3.63, 3.8) is 0 Å². The van der Waals surface area contributed by atoms with Gasteiger partial charge in [-0.3, -0.25) is 0 Å². The molecule has 1 rings (SSSR count). The molecule has 0 saturated carbocycles. The van der Waals surface area contributed by atoms with Crippen LogP contribution in [0, 0.1) is 11.8 Å². The lowest BCUT2D eigenvalue weighted by atomic mass is 10.1. The fourth-order valence-electron chi connectivity index (χ4n) is 2.43. The summed E-state index contributed by atoms with van der Waals surface area (Å²) in [6, 6.07) is 0. The summed E-state index contributed by atoms with van der Waals surface area (Å²) in [5.41, 5.74) is 0. The Bertz CT molecular complexity index is 620. The van der Waals surface area contributed by atoms with Crippen LogP contribution in [0.1, 0.15) is 59.8 Å². The molecule has 1 heterocycles. The van der Waals surface area contributed by atoms with Crippen molar-refractivity contribution in [2.45, 2.75) is 84.0 Å². The Balaban J connectivity index is 2.82. The smallest absolute Gasteiger partial charge is 0.384 e. The lowest BCUT2D eigenvalue weighted by molar-refractivity contribution is -0.469. The molecule has 0 aromatic rings. The van der Waals surface area contributed by atoms with Crippen LogP contribution in [-0.2, 0) is 14.0 Å². The maximum atomic E-state index is 12.3. The quantitative estimate of drug-likeness (QED) is 0.166. The number of hydrogen-bond donors (Lipinski definition) is 0. The molecule has 0 amide bonds. The molecular weight excluding hydrogens is 358 g/mol. The van der Waals surface area contributed by atoms with E-state index in [0.29, 0.717) is 19.4 Å². The first kappa shape index (κ1) is 23.5. The third-order valence-corrected chi connectivity index (χ3v) is 9.54. The van der Waals surface area contributed by atoms with Crippen molar-refractivity contribution in [2.24, 2.45) is 0 Å². The molecule has 0 bridgehead atoms. The lowest BCUT2D eigenvalue weighted by Crippen LogP contribution is -2.43. The molecular formula is C21H35NO4Si. The lowest BCUT2D eigenvalue weighted by Gasteiger charge is -2.38. The van der Waals surface area contributed by atoms with Gasteiger partial charge in [-0.1, -0.05) is 32.5 Å². The molecule has 0 radical (unpaired) electrons. The highest BCUT2D eigenvalue weighted by Crippen LogP contribution is 2.37. The predicted octanol–water partition coefficient (Wildman–Crippen LogP) is 3.19. The Labute approximate surface area is 165 Å². The van der Waals surface area contributed by atoms with Gasteiger partial charge in [-0.25, -0.2) is 9.37 Å². The summed E-state index contributed by atoms with van der Waals surface area (Å²) in [6.45, 7) is 13.7. The number of rotatable bonds is 7. The minimum absolute atomic E-state index is 0.0236. The van der Waals surface area contributed by atoms with Gasteiger partial charge in [-0.05, 0) is 44.3 Å². The fraction of sp³-hybridized carbons (Fsp3) is 0.714. The summed E-state index contributed by atoms with van der Waals surface area (Å²) in [4.78, 5) is 11.6. The first-order valence-electron chi connectivity index (χ1n) is 9.88. The van der Waals surface area contributed by atoms with E-state index in [0.717, 1.165) is 19.4 Å². The number of nitrogens with zero attached hydrogens (tertiary/aromatic N) is 1. The first-order chi connectivity index (χ1) is 12.5. The van der Waals surface area contributed by atoms with Crippen LogP contribution in [0.2, 0.25) is 18.1 Å². The highest BCUT2D eigenvalue weighted by atomic mass is 28.4. The minimum atomic E-state index is -2.07. The van der Waals surface area contributed by atoms with Crippen LogP contribution in [0.4, 0.5) is 0 Å². The van der Waals surface area contributed by atoms with E-state index in [2.05, 4.69) is 51.9 Å². The first-order valence-corrected chi connectivity index (χ1v) is 12.8. The highest BCUT2D eigenvalue weighted by Gasteiger charge is 2.38. The summed E-state index contributed by atoms with van der Waals surface area (Å²) < 4.78 is 13.2. The molecule has 1 aliphatic rings. The van der Waals surface area contributed by atoms with Gasteiger partial charge >= 0.3 is 5.97 Å². The number of carbonyl (C=O) groups excluding carboxylic acids is 1. The number of esters is 1. The maximum Gasteiger partial charge on any atom is 0.384 e. The van der Waals surface area contributed by atoms with Gasteiger partial charge in [0.15, 0.2) is 14.5 Å². The third-order valence-electron chi connectivity index (χ3n) is 5.05. The molecule has 152 valence electrons. The normalized spacial score (nSPS) is 16.8. The second-order valence-electron chi connectivity index (χ2n) is 8.41. The Morgan fingerprint density at radius 3 is 2.63 bits per heavy atom. The van der Waals surface area contributed by atoms with Gasteiger partial charge in [0.1, 0.15) is 18.9 Å². The Morgan fingerprint density at radius 1 is 1.37 bits per heavy atom. The Morgan fingerprint density at radius 2 is 2.07 bits per heavy atom. The summed E-state index contributed by atoms with van der Waals surface area (Å²) in [7, 11) is -2.07. The SMILES string of the molecule is CCOC(=O)C#CC(CC/C([O-])=C/[N+]1=CCCCC1)O[Si](C)(C)C(C)(C)C. The Hall–Kier alpha value is -1.58. The van der Waals surface area contributed by atoms with E-state index in [1.807, 2.05) is 4.58 Å². The molecule has 0 aromatic heterocycles. The van der Waals surface area contributed by atoms with Crippen molar-refractivity contribution < 1.29 is 23.6 Å². The van der Waals surface area contributed by atoms with E-state index >= 15 is 0 Å². The molecule has 0 aromatic carbocycles.